The second-order valence-electron chi connectivity index (χ2n) is 6.81. The molecule has 0 radical (unpaired) electrons. The molecular weight excluding hydrogens is 366 g/mol. The first kappa shape index (κ1) is 20.4. The Kier molecular flexibility index (Phi) is 6.50. The molecule has 0 fully saturated rings. The third kappa shape index (κ3) is 4.74. The van der Waals surface area contributed by atoms with Gasteiger partial charge in [0.1, 0.15) is 5.75 Å². The van der Waals surface area contributed by atoms with E-state index >= 15 is 0 Å². The Morgan fingerprint density at radius 2 is 1.59 bits per heavy atom. The SMILES string of the molecule is CC[C@H](Oc1ccccc1)C(=O)OCC(=O)c1cc(C)n(-c2ccccc2)c1C. The van der Waals surface area contributed by atoms with Gasteiger partial charge in [-0.05, 0) is 50.6 Å². The zero-order valence-corrected chi connectivity index (χ0v) is 16.9. The second-order valence-corrected chi connectivity index (χ2v) is 6.81. The van der Waals surface area contributed by atoms with Crippen LogP contribution in [0.15, 0.2) is 66.7 Å². The van der Waals surface area contributed by atoms with Crippen molar-refractivity contribution < 1.29 is 19.1 Å². The van der Waals surface area contributed by atoms with E-state index in [0.29, 0.717) is 17.7 Å². The fraction of sp³-hybridized carbons (Fsp3) is 0.250. The number of ether oxygens (including phenoxy) is 2. The highest BCUT2D eigenvalue weighted by atomic mass is 16.6. The Bertz CT molecular complexity index is 977. The van der Waals surface area contributed by atoms with Gasteiger partial charge in [-0.25, -0.2) is 4.79 Å². The van der Waals surface area contributed by atoms with Crippen LogP contribution in [-0.4, -0.2) is 29.0 Å². The van der Waals surface area contributed by atoms with Crippen molar-refractivity contribution in [3.05, 3.63) is 83.7 Å². The third-order valence-electron chi connectivity index (χ3n) is 4.75. The third-order valence-corrected chi connectivity index (χ3v) is 4.75. The average molecular weight is 391 g/mol. The van der Waals surface area contributed by atoms with Crippen LogP contribution in [0.3, 0.4) is 0 Å². The van der Waals surface area contributed by atoms with Gasteiger partial charge in [0.15, 0.2) is 12.7 Å². The number of aromatic nitrogens is 1. The molecule has 5 heteroatoms. The summed E-state index contributed by atoms with van der Waals surface area (Å²) in [5.74, 6) is -0.182. The number of hydrogen-bond donors (Lipinski definition) is 0. The van der Waals surface area contributed by atoms with Crippen LogP contribution in [0.25, 0.3) is 5.69 Å². The highest BCUT2D eigenvalue weighted by Gasteiger charge is 2.23. The Morgan fingerprint density at radius 1 is 0.966 bits per heavy atom. The van der Waals surface area contributed by atoms with Crippen molar-refractivity contribution in [3.8, 4) is 11.4 Å². The molecule has 0 N–H and O–H groups in total. The molecule has 150 valence electrons. The number of benzene rings is 2. The Balaban J connectivity index is 1.67. The lowest BCUT2D eigenvalue weighted by molar-refractivity contribution is -0.150. The van der Waals surface area contributed by atoms with Gasteiger partial charge in [-0.1, -0.05) is 43.3 Å². The van der Waals surface area contributed by atoms with Crippen LogP contribution in [0.5, 0.6) is 5.75 Å². The summed E-state index contributed by atoms with van der Waals surface area (Å²) in [7, 11) is 0. The molecule has 1 atom stereocenters. The standard InChI is InChI=1S/C24H25NO4/c1-4-23(29-20-13-9-6-10-14-20)24(27)28-16-22(26)21-15-17(2)25(18(21)3)19-11-7-5-8-12-19/h5-15,23H,4,16H2,1-3H3/t23-/m0/s1. The Labute approximate surface area is 170 Å². The number of ketones is 1. The van der Waals surface area contributed by atoms with Gasteiger partial charge in [-0.3, -0.25) is 4.79 Å². The molecule has 0 bridgehead atoms. The minimum atomic E-state index is -0.748. The first-order valence-corrected chi connectivity index (χ1v) is 9.67. The van der Waals surface area contributed by atoms with Gasteiger partial charge in [-0.2, -0.15) is 0 Å². The first-order chi connectivity index (χ1) is 14.0. The number of rotatable bonds is 8. The maximum atomic E-state index is 12.7. The van der Waals surface area contributed by atoms with E-state index in [9.17, 15) is 9.59 Å². The molecule has 0 saturated heterocycles. The van der Waals surface area contributed by atoms with Crippen molar-refractivity contribution in [1.29, 1.82) is 0 Å². The summed E-state index contributed by atoms with van der Waals surface area (Å²) in [4.78, 5) is 25.1. The molecule has 0 aliphatic heterocycles. The zero-order valence-electron chi connectivity index (χ0n) is 16.9. The van der Waals surface area contributed by atoms with Gasteiger partial charge in [0.05, 0.1) is 0 Å². The van der Waals surface area contributed by atoms with Crippen LogP contribution in [0.2, 0.25) is 0 Å². The smallest absolute Gasteiger partial charge is 0.347 e. The maximum absolute atomic E-state index is 12.7. The molecule has 3 rings (SSSR count). The van der Waals surface area contributed by atoms with E-state index in [1.165, 1.54) is 0 Å². The van der Waals surface area contributed by atoms with Crippen LogP contribution < -0.4 is 4.74 Å². The van der Waals surface area contributed by atoms with Gasteiger partial charge in [-0.15, -0.1) is 0 Å². The predicted molar refractivity (Wildman–Crippen MR) is 112 cm³/mol. The van der Waals surface area contributed by atoms with Crippen molar-refractivity contribution in [2.75, 3.05) is 6.61 Å². The molecule has 0 unspecified atom stereocenters. The summed E-state index contributed by atoms with van der Waals surface area (Å²) in [6.07, 6.45) is -0.299. The average Bonchev–Trinajstić information content (AvgIpc) is 3.05. The van der Waals surface area contributed by atoms with Crippen molar-refractivity contribution in [1.82, 2.24) is 4.57 Å². The molecule has 0 saturated carbocycles. The van der Waals surface area contributed by atoms with Crippen LogP contribution in [0, 0.1) is 13.8 Å². The fourth-order valence-electron chi connectivity index (χ4n) is 3.29. The molecule has 1 heterocycles. The normalized spacial score (nSPS) is 11.7. The number of nitrogens with zero attached hydrogens (tertiary/aromatic N) is 1. The van der Waals surface area contributed by atoms with Crippen LogP contribution >= 0.6 is 0 Å². The molecule has 0 amide bonds. The summed E-state index contributed by atoms with van der Waals surface area (Å²) in [6.45, 7) is 5.36. The van der Waals surface area contributed by atoms with E-state index in [4.69, 9.17) is 9.47 Å². The summed E-state index contributed by atoms with van der Waals surface area (Å²) in [5, 5.41) is 0. The summed E-state index contributed by atoms with van der Waals surface area (Å²) >= 11 is 0. The Hall–Kier alpha value is -3.34. The molecule has 0 aliphatic rings. The van der Waals surface area contributed by atoms with Gasteiger partial charge in [0.2, 0.25) is 5.78 Å². The molecule has 0 aliphatic carbocycles. The lowest BCUT2D eigenvalue weighted by Crippen LogP contribution is -2.30. The van der Waals surface area contributed by atoms with Crippen molar-refractivity contribution in [3.63, 3.8) is 0 Å². The predicted octanol–water partition coefficient (Wildman–Crippen LogP) is 4.68. The van der Waals surface area contributed by atoms with E-state index in [1.54, 1.807) is 12.1 Å². The minimum Gasteiger partial charge on any atom is -0.479 e. The summed E-state index contributed by atoms with van der Waals surface area (Å²) in [6, 6.07) is 20.8. The van der Waals surface area contributed by atoms with Crippen LogP contribution in [0.1, 0.15) is 35.1 Å². The fourth-order valence-corrected chi connectivity index (χ4v) is 3.29. The van der Waals surface area contributed by atoms with E-state index in [2.05, 4.69) is 0 Å². The summed E-state index contributed by atoms with van der Waals surface area (Å²) < 4.78 is 13.0. The van der Waals surface area contributed by atoms with E-state index < -0.39 is 12.1 Å². The van der Waals surface area contributed by atoms with Gasteiger partial charge >= 0.3 is 5.97 Å². The van der Waals surface area contributed by atoms with E-state index in [0.717, 1.165) is 17.1 Å². The lowest BCUT2D eigenvalue weighted by Gasteiger charge is -2.16. The molecule has 3 aromatic rings. The minimum absolute atomic E-state index is 0.233. The zero-order chi connectivity index (χ0) is 20.8. The quantitative estimate of drug-likeness (QED) is 0.413. The van der Waals surface area contributed by atoms with Gasteiger partial charge < -0.3 is 14.0 Å². The second kappa shape index (κ2) is 9.24. The lowest BCUT2D eigenvalue weighted by atomic mass is 10.1. The van der Waals surface area contributed by atoms with Gasteiger partial charge in [0.25, 0.3) is 0 Å². The first-order valence-electron chi connectivity index (χ1n) is 9.67. The van der Waals surface area contributed by atoms with Gasteiger partial charge in [0, 0.05) is 22.6 Å². The van der Waals surface area contributed by atoms with E-state index in [1.807, 2.05) is 79.9 Å². The van der Waals surface area contributed by atoms with E-state index in [-0.39, 0.29) is 12.4 Å². The number of esters is 1. The molecule has 2 aromatic carbocycles. The van der Waals surface area contributed by atoms with Crippen molar-refractivity contribution in [2.45, 2.75) is 33.3 Å². The van der Waals surface area contributed by atoms with Crippen molar-refractivity contribution in [2.24, 2.45) is 0 Å². The monoisotopic (exact) mass is 391 g/mol. The molecular formula is C24H25NO4. The highest BCUT2D eigenvalue weighted by Crippen LogP contribution is 2.21. The number of aryl methyl sites for hydroxylation is 1. The Morgan fingerprint density at radius 3 is 2.21 bits per heavy atom. The molecule has 1 aromatic heterocycles. The highest BCUT2D eigenvalue weighted by molar-refractivity contribution is 5.99. The number of carbonyl (C=O) groups excluding carboxylic acids is 2. The number of Topliss-reactive ketones (excluding diaryl/α,β-unsaturated/α-hetero) is 1. The number of para-hydroxylation sites is 2. The number of carbonyl (C=O) groups is 2. The molecule has 0 spiro atoms. The summed E-state index contributed by atoms with van der Waals surface area (Å²) in [5.41, 5.74) is 3.31. The van der Waals surface area contributed by atoms with Crippen molar-refractivity contribution >= 4 is 11.8 Å². The topological polar surface area (TPSA) is 57.5 Å². The van der Waals surface area contributed by atoms with Crippen LogP contribution in [0.4, 0.5) is 0 Å². The largest absolute Gasteiger partial charge is 0.479 e. The maximum Gasteiger partial charge on any atom is 0.347 e. The number of hydrogen-bond acceptors (Lipinski definition) is 4. The van der Waals surface area contributed by atoms with Crippen LogP contribution in [-0.2, 0) is 9.53 Å². The molecule has 5 nitrogen and oxygen atoms in total. The molecule has 29 heavy (non-hydrogen) atoms.